The fraction of sp³-hybridized carbons (Fsp3) is 0.500. The molecule has 1 aromatic carbocycles. The number of nitrogens with zero attached hydrogens (tertiary/aromatic N) is 1. The van der Waals surface area contributed by atoms with Crippen molar-refractivity contribution < 1.29 is 9.23 Å². The molecule has 0 N–H and O–H groups in total. The minimum atomic E-state index is -0.405. The second-order valence-electron chi connectivity index (χ2n) is 4.93. The van der Waals surface area contributed by atoms with E-state index >= 15 is 0 Å². The van der Waals surface area contributed by atoms with Crippen LogP contribution in [-0.4, -0.2) is 0 Å². The van der Waals surface area contributed by atoms with Crippen molar-refractivity contribution in [3.63, 3.8) is 0 Å². The van der Waals surface area contributed by atoms with E-state index in [1.54, 1.807) is 12.1 Å². The van der Waals surface area contributed by atoms with Crippen LogP contribution in [0.2, 0.25) is 5.02 Å². The Kier molecular flexibility index (Phi) is 4.08. The first-order chi connectivity index (χ1) is 8.63. The average Bonchev–Trinajstić information content (AvgIpc) is 2.37. The first-order valence-electron chi connectivity index (χ1n) is 6.18. The van der Waals surface area contributed by atoms with Crippen LogP contribution in [0.3, 0.4) is 0 Å². The topological polar surface area (TPSA) is 13.6 Å². The summed E-state index contributed by atoms with van der Waals surface area (Å²) in [5.74, 6) is 0.739. The maximum absolute atomic E-state index is 14.2. The molecule has 0 radical (unpaired) electrons. The molecule has 0 saturated heterocycles. The van der Waals surface area contributed by atoms with Crippen LogP contribution in [0.5, 0.6) is 5.75 Å². The summed E-state index contributed by atoms with van der Waals surface area (Å²) in [4.78, 5) is 4.71. The number of hydrogen-bond acceptors (Lipinski definition) is 1. The van der Waals surface area contributed by atoms with Crippen LogP contribution in [0.25, 0.3) is 5.01 Å². The van der Waals surface area contributed by atoms with Crippen LogP contribution in [0, 0.1) is 18.3 Å². The highest BCUT2D eigenvalue weighted by molar-refractivity contribution is 6.32. The van der Waals surface area contributed by atoms with Gasteiger partial charge in [0, 0.05) is 0 Å². The van der Waals surface area contributed by atoms with Gasteiger partial charge in [-0.15, -0.1) is 4.84 Å². The second-order valence-corrected chi connectivity index (χ2v) is 5.31. The molecule has 1 saturated carbocycles. The number of halogens is 2. The fourth-order valence-corrected chi connectivity index (χ4v) is 2.77. The molecule has 2 rings (SSSR count). The molecule has 0 atom stereocenters. The molecule has 96 valence electrons. The third kappa shape index (κ3) is 2.59. The summed E-state index contributed by atoms with van der Waals surface area (Å²) < 4.78 is 14.2. The highest BCUT2D eigenvalue weighted by atomic mass is 35.5. The van der Waals surface area contributed by atoms with E-state index in [2.05, 4.69) is 11.9 Å². The van der Waals surface area contributed by atoms with E-state index in [0.717, 1.165) is 31.6 Å². The predicted molar refractivity (Wildman–Crippen MR) is 70.7 cm³/mol. The molecule has 2 nitrogen and oxygen atoms in total. The third-order valence-corrected chi connectivity index (χ3v) is 4.04. The SMILES string of the molecule is C#[N+]Oc1ccc(C2CCC(C)CC2)c(F)c1Cl. The Balaban J connectivity index is 2.24. The van der Waals surface area contributed by atoms with E-state index in [9.17, 15) is 4.39 Å². The Morgan fingerprint density at radius 2 is 2.00 bits per heavy atom. The van der Waals surface area contributed by atoms with Crippen molar-refractivity contribution in [2.45, 2.75) is 38.5 Å². The summed E-state index contributed by atoms with van der Waals surface area (Å²) in [6.45, 7) is 7.13. The summed E-state index contributed by atoms with van der Waals surface area (Å²) in [7, 11) is 0. The van der Waals surface area contributed by atoms with Gasteiger partial charge in [0.05, 0.1) is 0 Å². The summed E-state index contributed by atoms with van der Waals surface area (Å²) in [6.07, 6.45) is 4.29. The minimum absolute atomic E-state index is 0.0414. The van der Waals surface area contributed by atoms with Crippen molar-refractivity contribution in [2.24, 2.45) is 5.92 Å². The van der Waals surface area contributed by atoms with Crippen LogP contribution in [0.4, 0.5) is 4.39 Å². The van der Waals surface area contributed by atoms with Gasteiger partial charge in [0.25, 0.3) is 0 Å². The lowest BCUT2D eigenvalue weighted by molar-refractivity contribution is 0.341. The van der Waals surface area contributed by atoms with Crippen LogP contribution in [0.1, 0.15) is 44.1 Å². The zero-order valence-corrected chi connectivity index (χ0v) is 11.1. The number of hydrogen-bond donors (Lipinski definition) is 0. The van der Waals surface area contributed by atoms with E-state index in [1.807, 2.05) is 0 Å². The van der Waals surface area contributed by atoms with Gasteiger partial charge in [-0.25, -0.2) is 4.39 Å². The first-order valence-corrected chi connectivity index (χ1v) is 6.56. The third-order valence-electron chi connectivity index (χ3n) is 3.68. The maximum atomic E-state index is 14.2. The lowest BCUT2D eigenvalue weighted by atomic mass is 9.79. The monoisotopic (exact) mass is 268 g/mol. The van der Waals surface area contributed by atoms with Crippen molar-refractivity contribution in [1.29, 1.82) is 0 Å². The van der Waals surface area contributed by atoms with Gasteiger partial charge in [0.1, 0.15) is 10.8 Å². The molecule has 18 heavy (non-hydrogen) atoms. The van der Waals surface area contributed by atoms with Gasteiger partial charge < -0.3 is 0 Å². The average molecular weight is 269 g/mol. The molecule has 0 aliphatic heterocycles. The van der Waals surface area contributed by atoms with Gasteiger partial charge in [-0.2, -0.15) is 0 Å². The Hall–Kier alpha value is -1.27. The van der Waals surface area contributed by atoms with E-state index in [0.29, 0.717) is 5.56 Å². The number of benzene rings is 1. The summed E-state index contributed by atoms with van der Waals surface area (Å²) in [5.41, 5.74) is 0.677. The van der Waals surface area contributed by atoms with Gasteiger partial charge in [0.15, 0.2) is 0 Å². The van der Waals surface area contributed by atoms with Gasteiger partial charge in [-0.3, -0.25) is 0 Å². The highest BCUT2D eigenvalue weighted by Gasteiger charge is 2.25. The molecule has 1 aromatic rings. The minimum Gasteiger partial charge on any atom is -0.205 e. The standard InChI is InChI=1S/C14H16ClFNO/c1-9-3-5-10(6-4-9)11-7-8-12(18-17-2)13(15)14(11)16/h2,7-10H,3-6H2,1H3/q+1. The van der Waals surface area contributed by atoms with Gasteiger partial charge in [-0.05, 0) is 36.3 Å². The van der Waals surface area contributed by atoms with Crippen molar-refractivity contribution in [3.8, 4) is 12.3 Å². The smallest absolute Gasteiger partial charge is 0.205 e. The van der Waals surface area contributed by atoms with Crippen molar-refractivity contribution in [3.05, 3.63) is 33.5 Å². The molecule has 0 spiro atoms. The molecule has 0 aromatic heterocycles. The molecule has 4 heteroatoms. The summed E-state index contributed by atoms with van der Waals surface area (Å²) in [6, 6.07) is 3.34. The Labute approximate surface area is 111 Å². The maximum Gasteiger partial charge on any atom is 0.336 e. The first kappa shape index (κ1) is 13.2. The lowest BCUT2D eigenvalue weighted by Crippen LogP contribution is -2.12. The van der Waals surface area contributed by atoms with Crippen molar-refractivity contribution in [1.82, 2.24) is 0 Å². The zero-order valence-electron chi connectivity index (χ0n) is 10.3. The van der Waals surface area contributed by atoms with E-state index in [-0.39, 0.29) is 16.7 Å². The Morgan fingerprint density at radius 1 is 1.33 bits per heavy atom. The lowest BCUT2D eigenvalue weighted by Gasteiger charge is -2.26. The van der Waals surface area contributed by atoms with Crippen LogP contribution < -0.4 is 4.84 Å². The van der Waals surface area contributed by atoms with E-state index < -0.39 is 5.82 Å². The van der Waals surface area contributed by atoms with Gasteiger partial charge in [0.2, 0.25) is 10.8 Å². The second kappa shape index (κ2) is 5.58. The van der Waals surface area contributed by atoms with Crippen LogP contribution in [-0.2, 0) is 0 Å². The molecule has 1 fully saturated rings. The Morgan fingerprint density at radius 3 is 2.61 bits per heavy atom. The van der Waals surface area contributed by atoms with Crippen molar-refractivity contribution in [2.75, 3.05) is 0 Å². The molecule has 0 bridgehead atoms. The summed E-state index contributed by atoms with van der Waals surface area (Å²) in [5, 5.41) is 2.97. The quantitative estimate of drug-likeness (QED) is 0.686. The normalized spacial score (nSPS) is 23.4. The molecule has 1 aliphatic carbocycles. The Bertz CT molecular complexity index is 475. The molecule has 0 unspecified atom stereocenters. The van der Waals surface area contributed by atoms with Gasteiger partial charge in [-0.1, -0.05) is 37.4 Å². The molecule has 0 heterocycles. The van der Waals surface area contributed by atoms with Crippen LogP contribution in [0.15, 0.2) is 12.1 Å². The largest absolute Gasteiger partial charge is 0.336 e. The number of rotatable bonds is 2. The van der Waals surface area contributed by atoms with Gasteiger partial charge >= 0.3 is 6.57 Å². The summed E-state index contributed by atoms with van der Waals surface area (Å²) >= 11 is 5.91. The molecule has 0 amide bonds. The zero-order chi connectivity index (χ0) is 13.1. The molecular formula is C14H16ClFNO+. The fourth-order valence-electron chi connectivity index (χ4n) is 2.56. The van der Waals surface area contributed by atoms with Crippen molar-refractivity contribution >= 4 is 11.6 Å². The molecule has 1 aliphatic rings. The van der Waals surface area contributed by atoms with E-state index in [1.165, 1.54) is 0 Å². The predicted octanol–water partition coefficient (Wildman–Crippen LogP) is 5.03. The van der Waals surface area contributed by atoms with Crippen LogP contribution >= 0.6 is 11.6 Å². The highest BCUT2D eigenvalue weighted by Crippen LogP contribution is 2.40. The molecular weight excluding hydrogens is 253 g/mol. The van der Waals surface area contributed by atoms with E-state index in [4.69, 9.17) is 23.0 Å².